The quantitative estimate of drug-likeness (QED) is 0.763. The minimum Gasteiger partial charge on any atom is -0.491 e. The summed E-state index contributed by atoms with van der Waals surface area (Å²) >= 11 is 6.11. The van der Waals surface area contributed by atoms with Crippen LogP contribution in [-0.2, 0) is 7.05 Å². The van der Waals surface area contributed by atoms with Gasteiger partial charge in [-0.15, -0.1) is 0 Å². The van der Waals surface area contributed by atoms with Crippen molar-refractivity contribution in [2.75, 3.05) is 39.3 Å². The fraction of sp³-hybridized carbons (Fsp3) is 0.500. The van der Waals surface area contributed by atoms with Crippen LogP contribution in [0, 0.1) is 0 Å². The SMILES string of the molecule is Cn1nc(C2CC2)cc1C(=O)N1CCN(CCOc2ccccc2Cl)CC1. The Balaban J connectivity index is 1.25. The number of ether oxygens (including phenoxy) is 1. The Bertz CT molecular complexity index is 810. The van der Waals surface area contributed by atoms with Crippen LogP contribution in [0.5, 0.6) is 5.75 Å². The average Bonchev–Trinajstić information content (AvgIpc) is 3.46. The Morgan fingerprint density at radius 1 is 1.22 bits per heavy atom. The van der Waals surface area contributed by atoms with Crippen molar-refractivity contribution in [1.29, 1.82) is 0 Å². The summed E-state index contributed by atoms with van der Waals surface area (Å²) in [5.74, 6) is 1.37. The standard InChI is InChI=1S/C20H25ClN4O2/c1-23-18(14-17(22-23)15-6-7-15)20(26)25-10-8-24(9-11-25)12-13-27-19-5-3-2-4-16(19)21/h2-5,14-15H,6-13H2,1H3. The van der Waals surface area contributed by atoms with E-state index in [0.717, 1.165) is 44.2 Å². The average molecular weight is 389 g/mol. The van der Waals surface area contributed by atoms with Gasteiger partial charge >= 0.3 is 0 Å². The Labute approximate surface area is 164 Å². The summed E-state index contributed by atoms with van der Waals surface area (Å²) < 4.78 is 7.50. The lowest BCUT2D eigenvalue weighted by Crippen LogP contribution is -2.49. The molecule has 1 aliphatic carbocycles. The second-order valence-corrected chi connectivity index (χ2v) is 7.67. The molecule has 1 aromatic heterocycles. The van der Waals surface area contributed by atoms with Crippen molar-refractivity contribution < 1.29 is 9.53 Å². The zero-order valence-corrected chi connectivity index (χ0v) is 16.4. The molecule has 0 bridgehead atoms. The van der Waals surface area contributed by atoms with Crippen molar-refractivity contribution in [3.8, 4) is 5.75 Å². The Morgan fingerprint density at radius 2 is 1.96 bits per heavy atom. The summed E-state index contributed by atoms with van der Waals surface area (Å²) in [4.78, 5) is 17.1. The molecule has 0 spiro atoms. The number of amides is 1. The first-order chi connectivity index (χ1) is 13.1. The van der Waals surface area contributed by atoms with Crippen LogP contribution in [-0.4, -0.2) is 64.8 Å². The lowest BCUT2D eigenvalue weighted by atomic mass is 10.2. The molecular weight excluding hydrogens is 364 g/mol. The van der Waals surface area contributed by atoms with Gasteiger partial charge in [-0.2, -0.15) is 5.10 Å². The van der Waals surface area contributed by atoms with Crippen molar-refractivity contribution in [2.24, 2.45) is 7.05 Å². The maximum Gasteiger partial charge on any atom is 0.272 e. The molecule has 2 fully saturated rings. The van der Waals surface area contributed by atoms with E-state index in [4.69, 9.17) is 16.3 Å². The van der Waals surface area contributed by atoms with Gasteiger partial charge in [0.15, 0.2) is 0 Å². The molecule has 0 N–H and O–H groups in total. The molecule has 1 aromatic carbocycles. The topological polar surface area (TPSA) is 50.6 Å². The van der Waals surface area contributed by atoms with E-state index in [1.54, 1.807) is 4.68 Å². The highest BCUT2D eigenvalue weighted by atomic mass is 35.5. The normalized spacial score (nSPS) is 17.9. The minimum atomic E-state index is 0.0869. The highest BCUT2D eigenvalue weighted by molar-refractivity contribution is 6.32. The molecule has 2 aliphatic rings. The molecule has 27 heavy (non-hydrogen) atoms. The lowest BCUT2D eigenvalue weighted by molar-refractivity contribution is 0.0610. The molecule has 6 nitrogen and oxygen atoms in total. The molecule has 0 atom stereocenters. The van der Waals surface area contributed by atoms with Gasteiger partial charge < -0.3 is 9.64 Å². The second-order valence-electron chi connectivity index (χ2n) is 7.27. The maximum atomic E-state index is 12.8. The van der Waals surface area contributed by atoms with Gasteiger partial charge in [-0.3, -0.25) is 14.4 Å². The number of hydrogen-bond donors (Lipinski definition) is 0. The van der Waals surface area contributed by atoms with Gasteiger partial charge in [0.1, 0.15) is 18.1 Å². The predicted octanol–water partition coefficient (Wildman–Crippen LogP) is 2.79. The molecule has 2 heterocycles. The maximum absolute atomic E-state index is 12.8. The number of piperazine rings is 1. The molecular formula is C20H25ClN4O2. The zero-order chi connectivity index (χ0) is 18.8. The molecule has 1 amide bonds. The van der Waals surface area contributed by atoms with Gasteiger partial charge in [0.2, 0.25) is 0 Å². The van der Waals surface area contributed by atoms with Gasteiger partial charge in [0.25, 0.3) is 5.91 Å². The molecule has 7 heteroatoms. The number of nitrogens with zero attached hydrogens (tertiary/aromatic N) is 4. The summed E-state index contributed by atoms with van der Waals surface area (Å²) in [6.07, 6.45) is 2.39. The van der Waals surface area contributed by atoms with Crippen LogP contribution in [0.2, 0.25) is 5.02 Å². The van der Waals surface area contributed by atoms with Gasteiger partial charge in [-0.1, -0.05) is 23.7 Å². The lowest BCUT2D eigenvalue weighted by Gasteiger charge is -2.34. The molecule has 0 radical (unpaired) electrons. The highest BCUT2D eigenvalue weighted by Crippen LogP contribution is 2.39. The van der Waals surface area contributed by atoms with E-state index in [1.807, 2.05) is 42.3 Å². The Hall–Kier alpha value is -2.05. The molecule has 1 saturated carbocycles. The van der Waals surface area contributed by atoms with E-state index >= 15 is 0 Å². The van der Waals surface area contributed by atoms with Crippen LogP contribution in [0.1, 0.15) is 34.9 Å². The fourth-order valence-electron chi connectivity index (χ4n) is 3.45. The number of carbonyl (C=O) groups excluding carboxylic acids is 1. The number of para-hydroxylation sites is 1. The van der Waals surface area contributed by atoms with E-state index in [0.29, 0.717) is 23.2 Å². The first-order valence-electron chi connectivity index (χ1n) is 9.54. The van der Waals surface area contributed by atoms with Crippen molar-refractivity contribution >= 4 is 17.5 Å². The summed E-state index contributed by atoms with van der Waals surface area (Å²) in [5.41, 5.74) is 1.77. The number of rotatable bonds is 6. The van der Waals surface area contributed by atoms with E-state index < -0.39 is 0 Å². The van der Waals surface area contributed by atoms with Crippen LogP contribution in [0.4, 0.5) is 0 Å². The van der Waals surface area contributed by atoms with Crippen LogP contribution in [0.3, 0.4) is 0 Å². The van der Waals surface area contributed by atoms with Crippen molar-refractivity contribution in [2.45, 2.75) is 18.8 Å². The third-order valence-electron chi connectivity index (χ3n) is 5.27. The number of halogens is 1. The molecule has 144 valence electrons. The summed E-state index contributed by atoms with van der Waals surface area (Å²) in [7, 11) is 1.86. The van der Waals surface area contributed by atoms with Crippen LogP contribution in [0.25, 0.3) is 0 Å². The molecule has 2 aromatic rings. The van der Waals surface area contributed by atoms with Crippen LogP contribution in [0.15, 0.2) is 30.3 Å². The predicted molar refractivity (Wildman–Crippen MR) is 104 cm³/mol. The molecule has 1 aliphatic heterocycles. The molecule has 4 rings (SSSR count). The Morgan fingerprint density at radius 3 is 2.67 bits per heavy atom. The molecule has 1 saturated heterocycles. The number of benzene rings is 1. The largest absolute Gasteiger partial charge is 0.491 e. The minimum absolute atomic E-state index is 0.0869. The smallest absolute Gasteiger partial charge is 0.272 e. The summed E-state index contributed by atoms with van der Waals surface area (Å²) in [6, 6.07) is 9.49. The summed E-state index contributed by atoms with van der Waals surface area (Å²) in [5, 5.41) is 5.15. The van der Waals surface area contributed by atoms with E-state index in [2.05, 4.69) is 10.00 Å². The molecule has 0 unspecified atom stereocenters. The van der Waals surface area contributed by atoms with Crippen molar-refractivity contribution in [3.05, 3.63) is 46.7 Å². The van der Waals surface area contributed by atoms with Gasteiger partial charge in [0.05, 0.1) is 10.7 Å². The van der Waals surface area contributed by atoms with Gasteiger partial charge in [-0.25, -0.2) is 0 Å². The van der Waals surface area contributed by atoms with Gasteiger partial charge in [0, 0.05) is 45.7 Å². The Kier molecular flexibility index (Phi) is 5.36. The third kappa shape index (κ3) is 4.28. The fourth-order valence-corrected chi connectivity index (χ4v) is 3.64. The van der Waals surface area contributed by atoms with Crippen LogP contribution < -0.4 is 4.74 Å². The zero-order valence-electron chi connectivity index (χ0n) is 15.6. The number of aromatic nitrogens is 2. The number of carbonyl (C=O) groups is 1. The van der Waals surface area contributed by atoms with Gasteiger partial charge in [-0.05, 0) is 31.0 Å². The third-order valence-corrected chi connectivity index (χ3v) is 5.59. The van der Waals surface area contributed by atoms with Crippen molar-refractivity contribution in [3.63, 3.8) is 0 Å². The van der Waals surface area contributed by atoms with E-state index in [9.17, 15) is 4.79 Å². The van der Waals surface area contributed by atoms with Crippen molar-refractivity contribution in [1.82, 2.24) is 19.6 Å². The number of aryl methyl sites for hydroxylation is 1. The first kappa shape index (κ1) is 18.3. The number of hydrogen-bond acceptors (Lipinski definition) is 4. The second kappa shape index (κ2) is 7.90. The first-order valence-corrected chi connectivity index (χ1v) is 9.92. The highest BCUT2D eigenvalue weighted by Gasteiger charge is 2.30. The summed E-state index contributed by atoms with van der Waals surface area (Å²) in [6.45, 7) is 4.58. The van der Waals surface area contributed by atoms with E-state index in [-0.39, 0.29) is 5.91 Å². The monoisotopic (exact) mass is 388 g/mol. The van der Waals surface area contributed by atoms with E-state index in [1.165, 1.54) is 12.8 Å². The van der Waals surface area contributed by atoms with Crippen LogP contribution >= 0.6 is 11.6 Å².